The van der Waals surface area contributed by atoms with Crippen LogP contribution >= 0.6 is 0 Å². The summed E-state index contributed by atoms with van der Waals surface area (Å²) in [5.41, 5.74) is 3.42. The Bertz CT molecular complexity index is 1500. The van der Waals surface area contributed by atoms with E-state index in [0.29, 0.717) is 12.1 Å². The van der Waals surface area contributed by atoms with Crippen LogP contribution in [0.4, 0.5) is 10.1 Å². The average Bonchev–Trinajstić information content (AvgIpc) is 3.27. The van der Waals surface area contributed by atoms with Gasteiger partial charge in [-0.3, -0.25) is 9.59 Å². The Morgan fingerprint density at radius 2 is 1.62 bits per heavy atom. The molecule has 0 aromatic heterocycles. The summed E-state index contributed by atoms with van der Waals surface area (Å²) in [5.74, 6) is -1.44. The third-order valence-corrected chi connectivity index (χ3v) is 9.24. The first-order chi connectivity index (χ1) is 19.4. The molecule has 0 unspecified atom stereocenters. The molecule has 1 saturated heterocycles. The zero-order valence-corrected chi connectivity index (χ0v) is 23.1. The fourth-order valence-corrected chi connectivity index (χ4v) is 6.83. The lowest BCUT2D eigenvalue weighted by Gasteiger charge is -2.24. The van der Waals surface area contributed by atoms with Crippen LogP contribution < -0.4 is 15.8 Å². The zero-order chi connectivity index (χ0) is 28.1. The number of carbonyl (C=O) groups excluding carboxylic acids is 2. The van der Waals surface area contributed by atoms with Crippen molar-refractivity contribution in [1.29, 1.82) is 0 Å². The molecule has 0 spiro atoms. The van der Waals surface area contributed by atoms with Gasteiger partial charge in [0.1, 0.15) is 5.82 Å². The van der Waals surface area contributed by atoms with Crippen molar-refractivity contribution in [1.82, 2.24) is 15.6 Å². The van der Waals surface area contributed by atoms with E-state index in [-0.39, 0.29) is 39.1 Å². The van der Waals surface area contributed by atoms with Gasteiger partial charge in [0.2, 0.25) is 9.84 Å². The molecule has 3 aromatic rings. The number of sulfone groups is 1. The van der Waals surface area contributed by atoms with Crippen LogP contribution in [0.25, 0.3) is 0 Å². The maximum Gasteiger partial charge on any atom is 0.274 e. The summed E-state index contributed by atoms with van der Waals surface area (Å²) in [7, 11) is -4.09. The number of anilines is 1. The van der Waals surface area contributed by atoms with Crippen molar-refractivity contribution in [3.8, 4) is 0 Å². The second-order valence-electron chi connectivity index (χ2n) is 10.1. The van der Waals surface area contributed by atoms with Gasteiger partial charge in [0.05, 0.1) is 21.0 Å². The molecular weight excluding hydrogens is 531 g/mol. The molecule has 3 aromatic carbocycles. The largest absolute Gasteiger partial charge is 0.352 e. The van der Waals surface area contributed by atoms with Gasteiger partial charge in [-0.15, -0.1) is 0 Å². The number of carbonyl (C=O) groups is 2. The van der Waals surface area contributed by atoms with E-state index in [1.54, 1.807) is 30.3 Å². The molecule has 210 valence electrons. The lowest BCUT2D eigenvalue weighted by molar-refractivity contribution is 0.0946. The van der Waals surface area contributed by atoms with Gasteiger partial charge in [0.25, 0.3) is 11.8 Å². The number of amides is 2. The average molecular weight is 565 g/mol. The Morgan fingerprint density at radius 1 is 0.900 bits per heavy atom. The van der Waals surface area contributed by atoms with E-state index in [1.807, 2.05) is 0 Å². The van der Waals surface area contributed by atoms with E-state index in [9.17, 15) is 22.4 Å². The maximum atomic E-state index is 14.3. The third kappa shape index (κ3) is 5.94. The smallest absolute Gasteiger partial charge is 0.274 e. The van der Waals surface area contributed by atoms with Crippen LogP contribution in [0.1, 0.15) is 58.4 Å². The van der Waals surface area contributed by atoms with Gasteiger partial charge in [-0.25, -0.2) is 23.2 Å². The van der Waals surface area contributed by atoms with E-state index in [0.717, 1.165) is 31.1 Å². The van der Waals surface area contributed by atoms with E-state index < -0.39 is 21.6 Å². The molecule has 0 bridgehead atoms. The fraction of sp³-hybridized carbons (Fsp3) is 0.333. The number of hydrogen-bond acceptors (Lipinski definition) is 6. The number of hydrazine groups is 1. The van der Waals surface area contributed by atoms with Crippen LogP contribution in [-0.2, 0) is 16.4 Å². The minimum atomic E-state index is -4.09. The van der Waals surface area contributed by atoms with Crippen molar-refractivity contribution in [3.05, 3.63) is 89.2 Å². The molecule has 2 aliphatic rings. The first kappa shape index (κ1) is 27.9. The monoisotopic (exact) mass is 564 g/mol. The predicted octanol–water partition coefficient (Wildman–Crippen LogP) is 4.32. The summed E-state index contributed by atoms with van der Waals surface area (Å²) < 4.78 is 41.6. The second kappa shape index (κ2) is 12.3. The molecule has 0 saturated carbocycles. The molecule has 1 fully saturated rings. The predicted molar refractivity (Wildman–Crippen MR) is 150 cm³/mol. The Labute approximate surface area is 234 Å². The molecular formula is C30H33FN4O4S. The number of likely N-dealkylation sites (tertiary alicyclic amines) is 1. The van der Waals surface area contributed by atoms with Gasteiger partial charge in [-0.05, 0) is 75.3 Å². The molecule has 2 heterocycles. The summed E-state index contributed by atoms with van der Waals surface area (Å²) in [4.78, 5) is 28.9. The number of fused-ring (bicyclic) bond motifs is 2. The van der Waals surface area contributed by atoms with Crippen molar-refractivity contribution in [2.75, 3.05) is 31.2 Å². The van der Waals surface area contributed by atoms with E-state index in [1.165, 1.54) is 62.1 Å². The van der Waals surface area contributed by atoms with Gasteiger partial charge in [0, 0.05) is 24.2 Å². The van der Waals surface area contributed by atoms with Crippen molar-refractivity contribution in [3.63, 3.8) is 0 Å². The van der Waals surface area contributed by atoms with Crippen LogP contribution in [0.2, 0.25) is 0 Å². The summed E-state index contributed by atoms with van der Waals surface area (Å²) in [6, 6.07) is 16.3. The number of hydrogen-bond donors (Lipinski definition) is 2. The zero-order valence-electron chi connectivity index (χ0n) is 22.2. The van der Waals surface area contributed by atoms with Crippen molar-refractivity contribution >= 4 is 27.3 Å². The maximum absolute atomic E-state index is 14.3. The molecule has 0 aliphatic carbocycles. The lowest BCUT2D eigenvalue weighted by Crippen LogP contribution is -2.43. The van der Waals surface area contributed by atoms with Crippen LogP contribution in [0.15, 0.2) is 76.5 Å². The highest BCUT2D eigenvalue weighted by molar-refractivity contribution is 7.91. The Hall–Kier alpha value is -3.60. The first-order valence-electron chi connectivity index (χ1n) is 13.7. The molecule has 0 atom stereocenters. The van der Waals surface area contributed by atoms with Crippen LogP contribution in [0.3, 0.4) is 0 Å². The molecule has 0 radical (unpaired) electrons. The summed E-state index contributed by atoms with van der Waals surface area (Å²) in [6.07, 6.45) is 5.74. The van der Waals surface area contributed by atoms with Gasteiger partial charge in [0.15, 0.2) is 0 Å². The van der Waals surface area contributed by atoms with Gasteiger partial charge >= 0.3 is 0 Å². The van der Waals surface area contributed by atoms with Crippen LogP contribution in [-0.4, -0.2) is 51.3 Å². The molecule has 2 aliphatic heterocycles. The quantitative estimate of drug-likeness (QED) is 0.396. The normalized spacial score (nSPS) is 16.9. The SMILES string of the molecule is O=C(NCCCN1CCCCCC1)c1ccc2c(c1)N(NCc1ccccc1F)C(=O)c1ccccc1S2(=O)=O. The fourth-order valence-electron chi connectivity index (χ4n) is 5.22. The highest BCUT2D eigenvalue weighted by Gasteiger charge is 2.36. The number of benzene rings is 3. The highest BCUT2D eigenvalue weighted by Crippen LogP contribution is 2.36. The summed E-state index contributed by atoms with van der Waals surface area (Å²) >= 11 is 0. The number of nitrogens with zero attached hydrogens (tertiary/aromatic N) is 2. The summed E-state index contributed by atoms with van der Waals surface area (Å²) in [6.45, 7) is 3.47. The lowest BCUT2D eigenvalue weighted by atomic mass is 10.1. The minimum absolute atomic E-state index is 0.00903. The number of halogens is 1. The topological polar surface area (TPSA) is 98.8 Å². The molecule has 2 N–H and O–H groups in total. The molecule has 8 nitrogen and oxygen atoms in total. The van der Waals surface area contributed by atoms with E-state index in [2.05, 4.69) is 15.6 Å². The van der Waals surface area contributed by atoms with E-state index >= 15 is 0 Å². The Kier molecular flexibility index (Phi) is 8.58. The third-order valence-electron chi connectivity index (χ3n) is 7.38. The van der Waals surface area contributed by atoms with Gasteiger partial charge in [-0.2, -0.15) is 0 Å². The number of nitrogens with one attached hydrogen (secondary N) is 2. The Balaban J connectivity index is 1.40. The van der Waals surface area contributed by atoms with Crippen LogP contribution in [0.5, 0.6) is 0 Å². The van der Waals surface area contributed by atoms with Gasteiger partial charge in [-0.1, -0.05) is 43.2 Å². The van der Waals surface area contributed by atoms with Crippen molar-refractivity contribution in [2.24, 2.45) is 0 Å². The standard InChI is InChI=1S/C30H33FN4O4S/c31-25-12-5-3-10-23(25)21-33-35-26-20-22(29(36)32-16-9-19-34-17-7-1-2-8-18-34)14-15-28(26)40(38,39)27-13-6-4-11-24(27)30(35)37/h3-6,10-15,20,33H,1-2,7-9,16-19,21H2,(H,32,36). The molecule has 10 heteroatoms. The van der Waals surface area contributed by atoms with Crippen molar-refractivity contribution < 1.29 is 22.4 Å². The van der Waals surface area contributed by atoms with Crippen molar-refractivity contribution in [2.45, 2.75) is 48.4 Å². The van der Waals surface area contributed by atoms with Gasteiger partial charge < -0.3 is 10.2 Å². The summed E-state index contributed by atoms with van der Waals surface area (Å²) in [5, 5.41) is 4.02. The Morgan fingerprint density at radius 3 is 2.40 bits per heavy atom. The molecule has 5 rings (SSSR count). The van der Waals surface area contributed by atoms with Crippen LogP contribution in [0, 0.1) is 5.82 Å². The minimum Gasteiger partial charge on any atom is -0.352 e. The second-order valence-corrected chi connectivity index (χ2v) is 12.0. The van der Waals surface area contributed by atoms with E-state index in [4.69, 9.17) is 0 Å². The number of rotatable bonds is 8. The molecule has 40 heavy (non-hydrogen) atoms. The molecule has 2 amide bonds. The first-order valence-corrected chi connectivity index (χ1v) is 15.1. The highest BCUT2D eigenvalue weighted by atomic mass is 32.2.